The van der Waals surface area contributed by atoms with Crippen LogP contribution in [0.5, 0.6) is 0 Å². The third kappa shape index (κ3) is 2.93. The Balaban J connectivity index is 1.81. The van der Waals surface area contributed by atoms with E-state index < -0.39 is 0 Å². The lowest BCUT2D eigenvalue weighted by Crippen LogP contribution is -2.44. The number of hydrogen-bond donors (Lipinski definition) is 1. The van der Waals surface area contributed by atoms with E-state index in [9.17, 15) is 0 Å². The van der Waals surface area contributed by atoms with E-state index in [1.54, 1.807) is 0 Å². The van der Waals surface area contributed by atoms with Gasteiger partial charge in [-0.2, -0.15) is 5.26 Å². The maximum absolute atomic E-state index is 9.05. The van der Waals surface area contributed by atoms with Gasteiger partial charge in [-0.1, -0.05) is 24.3 Å². The second-order valence-electron chi connectivity index (χ2n) is 7.03. The van der Waals surface area contributed by atoms with Crippen molar-refractivity contribution in [3.63, 3.8) is 0 Å². The first kappa shape index (κ1) is 16.6. The summed E-state index contributed by atoms with van der Waals surface area (Å²) in [6.07, 6.45) is 2.16. The zero-order valence-corrected chi connectivity index (χ0v) is 15.0. The molecule has 1 saturated heterocycles. The van der Waals surface area contributed by atoms with Crippen molar-refractivity contribution in [3.8, 4) is 6.07 Å². The zero-order chi connectivity index (χ0) is 18.1. The number of nitrogens with two attached hydrogens (primary N) is 1. The number of rotatable bonds is 3. The normalized spacial score (nSPS) is 18.7. The zero-order valence-electron chi connectivity index (χ0n) is 15.0. The van der Waals surface area contributed by atoms with Crippen molar-refractivity contribution in [3.05, 3.63) is 59.7 Å². The molecule has 1 fully saturated rings. The lowest BCUT2D eigenvalue weighted by atomic mass is 10.1. The van der Waals surface area contributed by atoms with Gasteiger partial charge in [0, 0.05) is 19.1 Å². The van der Waals surface area contributed by atoms with Gasteiger partial charge >= 0.3 is 0 Å². The summed E-state index contributed by atoms with van der Waals surface area (Å²) in [5.41, 5.74) is 10.2. The monoisotopic (exact) mass is 345 g/mol. The Morgan fingerprint density at radius 2 is 1.96 bits per heavy atom. The van der Waals surface area contributed by atoms with E-state index in [1.165, 1.54) is 0 Å². The number of piperidine rings is 1. The van der Waals surface area contributed by atoms with Gasteiger partial charge in [-0.05, 0) is 49.6 Å². The predicted octanol–water partition coefficient (Wildman–Crippen LogP) is 3.44. The summed E-state index contributed by atoms with van der Waals surface area (Å²) < 4.78 is 2.30. The fourth-order valence-corrected chi connectivity index (χ4v) is 3.81. The number of nitrogens with zero attached hydrogens (tertiary/aromatic N) is 4. The molecular formula is C21H23N5. The molecule has 1 aromatic heterocycles. The average molecular weight is 345 g/mol. The Labute approximate surface area is 153 Å². The van der Waals surface area contributed by atoms with Crippen molar-refractivity contribution < 1.29 is 0 Å². The number of para-hydroxylation sites is 2. The Morgan fingerprint density at radius 3 is 2.69 bits per heavy atom. The number of aromatic nitrogens is 2. The van der Waals surface area contributed by atoms with Gasteiger partial charge in [-0.3, -0.25) is 0 Å². The molecule has 4 rings (SSSR count). The van der Waals surface area contributed by atoms with Crippen LogP contribution in [0.1, 0.15) is 36.9 Å². The molecule has 1 aliphatic rings. The lowest BCUT2D eigenvalue weighted by Gasteiger charge is -2.33. The number of nitriles is 1. The Kier molecular flexibility index (Phi) is 4.36. The van der Waals surface area contributed by atoms with Crippen molar-refractivity contribution in [2.24, 2.45) is 5.73 Å². The van der Waals surface area contributed by atoms with Gasteiger partial charge in [-0.15, -0.1) is 0 Å². The quantitative estimate of drug-likeness (QED) is 0.789. The Morgan fingerprint density at radius 1 is 1.19 bits per heavy atom. The minimum absolute atomic E-state index is 0.114. The summed E-state index contributed by atoms with van der Waals surface area (Å²) >= 11 is 0. The molecule has 0 saturated carbocycles. The lowest BCUT2D eigenvalue weighted by molar-refractivity contribution is 0.490. The first-order chi connectivity index (χ1) is 12.7. The first-order valence-electron chi connectivity index (χ1n) is 9.15. The minimum atomic E-state index is 0.114. The highest BCUT2D eigenvalue weighted by Gasteiger charge is 2.25. The van der Waals surface area contributed by atoms with E-state index in [0.717, 1.165) is 48.5 Å². The molecule has 1 unspecified atom stereocenters. The van der Waals surface area contributed by atoms with Crippen LogP contribution in [0.2, 0.25) is 0 Å². The largest absolute Gasteiger partial charge is 0.341 e. The number of anilines is 1. The van der Waals surface area contributed by atoms with Gasteiger partial charge in [-0.25, -0.2) is 4.98 Å². The molecule has 2 N–H and O–H groups in total. The molecule has 0 bridgehead atoms. The SMILES string of the molecule is CC(c1ccc(C#N)cc1)n1c(N2CCC[C@H](N)C2)nc2ccccc21. The van der Waals surface area contributed by atoms with Crippen LogP contribution in [-0.2, 0) is 0 Å². The highest BCUT2D eigenvalue weighted by molar-refractivity contribution is 5.79. The highest BCUT2D eigenvalue weighted by Crippen LogP contribution is 2.31. The van der Waals surface area contributed by atoms with Crippen LogP contribution in [0.3, 0.4) is 0 Å². The molecule has 5 nitrogen and oxygen atoms in total. The molecule has 1 aliphatic heterocycles. The van der Waals surface area contributed by atoms with E-state index in [-0.39, 0.29) is 12.1 Å². The summed E-state index contributed by atoms with van der Waals surface area (Å²) in [5.74, 6) is 0.984. The van der Waals surface area contributed by atoms with Gasteiger partial charge in [0.1, 0.15) is 0 Å². The van der Waals surface area contributed by atoms with Crippen LogP contribution in [0.4, 0.5) is 5.95 Å². The number of fused-ring (bicyclic) bond motifs is 1. The average Bonchev–Trinajstić information content (AvgIpc) is 3.07. The maximum Gasteiger partial charge on any atom is 0.207 e. The van der Waals surface area contributed by atoms with E-state index in [2.05, 4.69) is 40.7 Å². The summed E-state index contributed by atoms with van der Waals surface area (Å²) in [6, 6.07) is 18.6. The molecule has 26 heavy (non-hydrogen) atoms. The van der Waals surface area contributed by atoms with Gasteiger partial charge in [0.25, 0.3) is 0 Å². The molecule has 3 aromatic rings. The summed E-state index contributed by atoms with van der Waals surface area (Å²) in [4.78, 5) is 7.25. The molecule has 0 radical (unpaired) electrons. The van der Waals surface area contributed by atoms with Crippen molar-refractivity contribution in [2.45, 2.75) is 31.8 Å². The molecule has 0 aliphatic carbocycles. The highest BCUT2D eigenvalue weighted by atomic mass is 15.3. The van der Waals surface area contributed by atoms with E-state index >= 15 is 0 Å². The van der Waals surface area contributed by atoms with Crippen LogP contribution in [0.25, 0.3) is 11.0 Å². The Hall–Kier alpha value is -2.84. The van der Waals surface area contributed by atoms with Crippen LogP contribution >= 0.6 is 0 Å². The molecule has 132 valence electrons. The summed E-state index contributed by atoms with van der Waals surface area (Å²) in [6.45, 7) is 4.00. The van der Waals surface area contributed by atoms with Gasteiger partial charge in [0.2, 0.25) is 5.95 Å². The number of benzene rings is 2. The maximum atomic E-state index is 9.05. The van der Waals surface area contributed by atoms with Crippen LogP contribution in [0, 0.1) is 11.3 Å². The second-order valence-corrected chi connectivity index (χ2v) is 7.03. The van der Waals surface area contributed by atoms with E-state index in [1.807, 2.05) is 30.3 Å². The number of imidazole rings is 1. The van der Waals surface area contributed by atoms with E-state index in [4.69, 9.17) is 16.0 Å². The smallest absolute Gasteiger partial charge is 0.207 e. The minimum Gasteiger partial charge on any atom is -0.341 e. The van der Waals surface area contributed by atoms with Crippen molar-refractivity contribution in [1.82, 2.24) is 9.55 Å². The Bertz CT molecular complexity index is 951. The molecule has 5 heteroatoms. The van der Waals surface area contributed by atoms with Gasteiger partial charge < -0.3 is 15.2 Å². The molecule has 2 atom stereocenters. The van der Waals surface area contributed by atoms with Crippen molar-refractivity contribution >= 4 is 17.0 Å². The molecule has 0 spiro atoms. The van der Waals surface area contributed by atoms with Crippen LogP contribution in [-0.4, -0.2) is 28.7 Å². The number of hydrogen-bond acceptors (Lipinski definition) is 4. The third-order valence-electron chi connectivity index (χ3n) is 5.23. The molecule has 2 aromatic carbocycles. The molecule has 2 heterocycles. The first-order valence-corrected chi connectivity index (χ1v) is 9.15. The molecule has 0 amide bonds. The topological polar surface area (TPSA) is 70.9 Å². The predicted molar refractivity (Wildman–Crippen MR) is 104 cm³/mol. The summed E-state index contributed by atoms with van der Waals surface area (Å²) in [7, 11) is 0. The van der Waals surface area contributed by atoms with Crippen molar-refractivity contribution in [1.29, 1.82) is 5.26 Å². The fourth-order valence-electron chi connectivity index (χ4n) is 3.81. The summed E-state index contributed by atoms with van der Waals surface area (Å²) in [5, 5.41) is 9.05. The van der Waals surface area contributed by atoms with E-state index in [0.29, 0.717) is 5.56 Å². The fraction of sp³-hybridized carbons (Fsp3) is 0.333. The van der Waals surface area contributed by atoms with Crippen LogP contribution < -0.4 is 10.6 Å². The standard InChI is InChI=1S/C21H23N5/c1-15(17-10-8-16(13-22)9-11-17)26-20-7-3-2-6-19(20)24-21(26)25-12-4-5-18(23)14-25/h2-3,6-11,15,18H,4-5,12,14,23H2,1H3/t15?,18-/m0/s1. The van der Waals surface area contributed by atoms with Gasteiger partial charge in [0.15, 0.2) is 0 Å². The van der Waals surface area contributed by atoms with Crippen molar-refractivity contribution in [2.75, 3.05) is 18.0 Å². The third-order valence-corrected chi connectivity index (χ3v) is 5.23. The second kappa shape index (κ2) is 6.81. The van der Waals surface area contributed by atoms with Crippen LogP contribution in [0.15, 0.2) is 48.5 Å². The molecular weight excluding hydrogens is 322 g/mol. The van der Waals surface area contributed by atoms with Gasteiger partial charge in [0.05, 0.1) is 28.7 Å².